The molecule has 1 unspecified atom stereocenters. The molecule has 1 aromatic heterocycles. The minimum atomic E-state index is -3.21. The van der Waals surface area contributed by atoms with E-state index in [1.54, 1.807) is 0 Å². The Hall–Kier alpha value is -1.48. The second-order valence-electron chi connectivity index (χ2n) is 4.75. The van der Waals surface area contributed by atoms with Crippen molar-refractivity contribution in [3.05, 3.63) is 28.5 Å². The van der Waals surface area contributed by atoms with Gasteiger partial charge in [-0.2, -0.15) is 0 Å². The molecule has 1 aliphatic heterocycles. The normalized spacial score (nSPS) is 20.1. The molecule has 0 saturated carbocycles. The number of pyridine rings is 1. The van der Waals surface area contributed by atoms with E-state index in [9.17, 15) is 18.0 Å². The van der Waals surface area contributed by atoms with Crippen molar-refractivity contribution in [1.29, 1.82) is 0 Å². The molecule has 114 valence electrons. The van der Waals surface area contributed by atoms with E-state index in [1.807, 2.05) is 0 Å². The predicted molar refractivity (Wildman–Crippen MR) is 77.7 cm³/mol. The fraction of sp³-hybridized carbons (Fsp3) is 0.417. The highest BCUT2D eigenvalue weighted by atomic mass is 79.9. The Bertz CT molecular complexity index is 676. The first-order chi connectivity index (χ1) is 9.78. The summed E-state index contributed by atoms with van der Waals surface area (Å²) in [6.45, 7) is -0.529. The Morgan fingerprint density at radius 1 is 1.48 bits per heavy atom. The van der Waals surface area contributed by atoms with Crippen LogP contribution in [0.25, 0.3) is 0 Å². The van der Waals surface area contributed by atoms with Gasteiger partial charge in [0.2, 0.25) is 0 Å². The van der Waals surface area contributed by atoms with Crippen LogP contribution in [0.4, 0.5) is 0 Å². The monoisotopic (exact) mass is 376 g/mol. The van der Waals surface area contributed by atoms with Gasteiger partial charge in [0.05, 0.1) is 11.5 Å². The molecular formula is C12H13BrN2O5S. The Balaban J connectivity index is 2.28. The molecule has 0 bridgehead atoms. The van der Waals surface area contributed by atoms with Gasteiger partial charge in [-0.25, -0.2) is 13.4 Å². The molecule has 0 aliphatic carbocycles. The summed E-state index contributed by atoms with van der Waals surface area (Å²) in [4.78, 5) is 28.4. The lowest BCUT2D eigenvalue weighted by molar-refractivity contribution is -0.138. The van der Waals surface area contributed by atoms with Crippen molar-refractivity contribution in [2.45, 2.75) is 12.5 Å². The number of rotatable bonds is 4. The number of nitrogens with zero attached hydrogens (tertiary/aromatic N) is 2. The molecule has 2 rings (SSSR count). The molecule has 7 nitrogen and oxygen atoms in total. The summed E-state index contributed by atoms with van der Waals surface area (Å²) < 4.78 is 23.5. The summed E-state index contributed by atoms with van der Waals surface area (Å²) >= 11 is 3.14. The first-order valence-corrected chi connectivity index (χ1v) is 8.75. The van der Waals surface area contributed by atoms with E-state index in [0.29, 0.717) is 4.60 Å². The van der Waals surface area contributed by atoms with E-state index < -0.39 is 34.3 Å². The largest absolute Gasteiger partial charge is 0.480 e. The highest BCUT2D eigenvalue weighted by molar-refractivity contribution is 9.10. The third-order valence-electron chi connectivity index (χ3n) is 3.19. The fourth-order valence-electron chi connectivity index (χ4n) is 2.23. The number of carbonyl (C=O) groups is 2. The van der Waals surface area contributed by atoms with E-state index in [2.05, 4.69) is 20.9 Å². The van der Waals surface area contributed by atoms with Gasteiger partial charge < -0.3 is 10.0 Å². The van der Waals surface area contributed by atoms with Gasteiger partial charge >= 0.3 is 5.97 Å². The molecule has 9 heteroatoms. The van der Waals surface area contributed by atoms with Crippen molar-refractivity contribution in [2.75, 3.05) is 18.1 Å². The molecule has 1 aliphatic rings. The topological polar surface area (TPSA) is 105 Å². The van der Waals surface area contributed by atoms with E-state index in [4.69, 9.17) is 5.11 Å². The summed E-state index contributed by atoms with van der Waals surface area (Å²) in [5.74, 6) is -1.91. The summed E-state index contributed by atoms with van der Waals surface area (Å²) in [5.41, 5.74) is 0.266. The van der Waals surface area contributed by atoms with Crippen LogP contribution in [0.15, 0.2) is 22.9 Å². The zero-order valence-corrected chi connectivity index (χ0v) is 13.3. The van der Waals surface area contributed by atoms with Gasteiger partial charge in [0.15, 0.2) is 9.84 Å². The van der Waals surface area contributed by atoms with Gasteiger partial charge in [-0.15, -0.1) is 0 Å². The second-order valence-corrected chi connectivity index (χ2v) is 7.79. The van der Waals surface area contributed by atoms with Gasteiger partial charge in [-0.05, 0) is 34.5 Å². The van der Waals surface area contributed by atoms with Crippen LogP contribution in [-0.2, 0) is 14.6 Å². The zero-order chi connectivity index (χ0) is 15.6. The maximum atomic E-state index is 12.4. The Morgan fingerprint density at radius 2 is 2.19 bits per heavy atom. The first-order valence-electron chi connectivity index (χ1n) is 6.13. The average Bonchev–Trinajstić information content (AvgIpc) is 2.75. The van der Waals surface area contributed by atoms with Crippen molar-refractivity contribution in [2.24, 2.45) is 0 Å². The molecular weight excluding hydrogens is 364 g/mol. The summed E-state index contributed by atoms with van der Waals surface area (Å²) in [6, 6.07) is 2.33. The molecule has 1 atom stereocenters. The number of carboxylic acid groups (broad SMARTS) is 1. The fourth-order valence-corrected chi connectivity index (χ4v) is 4.33. The highest BCUT2D eigenvalue weighted by Crippen LogP contribution is 2.20. The van der Waals surface area contributed by atoms with Gasteiger partial charge in [-0.1, -0.05) is 0 Å². The molecule has 1 N–H and O–H groups in total. The highest BCUT2D eigenvalue weighted by Gasteiger charge is 2.36. The van der Waals surface area contributed by atoms with Crippen molar-refractivity contribution in [1.82, 2.24) is 9.88 Å². The number of hydrogen-bond acceptors (Lipinski definition) is 5. The quantitative estimate of drug-likeness (QED) is 0.769. The van der Waals surface area contributed by atoms with Crippen LogP contribution < -0.4 is 0 Å². The van der Waals surface area contributed by atoms with Crippen LogP contribution in [0.5, 0.6) is 0 Å². The molecule has 0 aromatic carbocycles. The summed E-state index contributed by atoms with van der Waals surface area (Å²) in [6.07, 6.45) is 1.68. The second kappa shape index (κ2) is 6.10. The number of carbonyl (C=O) groups excluding carboxylic acids is 1. The third kappa shape index (κ3) is 4.01. The maximum absolute atomic E-state index is 12.4. The van der Waals surface area contributed by atoms with Crippen LogP contribution in [0.3, 0.4) is 0 Å². The Morgan fingerprint density at radius 3 is 2.71 bits per heavy atom. The number of amides is 1. The van der Waals surface area contributed by atoms with Crippen molar-refractivity contribution in [3.8, 4) is 0 Å². The van der Waals surface area contributed by atoms with E-state index in [-0.39, 0.29) is 23.5 Å². The lowest BCUT2D eigenvalue weighted by atomic mass is 10.1. The smallest absolute Gasteiger partial charge is 0.323 e. The van der Waals surface area contributed by atoms with Gasteiger partial charge in [-0.3, -0.25) is 9.59 Å². The molecule has 0 spiro atoms. The van der Waals surface area contributed by atoms with E-state index in [1.165, 1.54) is 18.3 Å². The maximum Gasteiger partial charge on any atom is 0.323 e. The van der Waals surface area contributed by atoms with Crippen LogP contribution in [0, 0.1) is 0 Å². The SMILES string of the molecule is O=C(O)CN(C(=O)c1ccnc(Br)c1)C1CCS(=O)(=O)C1. The molecule has 1 saturated heterocycles. The standard InChI is InChI=1S/C12H13BrN2O5S/c13-10-5-8(1-3-14-10)12(18)15(6-11(16)17)9-2-4-21(19,20)7-9/h1,3,5,9H,2,4,6-7H2,(H,16,17). The molecule has 1 amide bonds. The minimum absolute atomic E-state index is 0.0267. The molecule has 1 fully saturated rings. The Labute approximate surface area is 130 Å². The number of halogens is 1. The predicted octanol–water partition coefficient (Wildman–Crippen LogP) is 0.558. The molecule has 1 aromatic rings. The summed E-state index contributed by atoms with van der Waals surface area (Å²) in [5, 5.41) is 8.96. The number of hydrogen-bond donors (Lipinski definition) is 1. The lowest BCUT2D eigenvalue weighted by Gasteiger charge is -2.26. The van der Waals surface area contributed by atoms with Crippen LogP contribution in [0.1, 0.15) is 16.8 Å². The zero-order valence-electron chi connectivity index (χ0n) is 10.9. The lowest BCUT2D eigenvalue weighted by Crippen LogP contribution is -2.44. The van der Waals surface area contributed by atoms with Crippen LogP contribution in [-0.4, -0.2) is 59.4 Å². The van der Waals surface area contributed by atoms with Crippen LogP contribution in [0.2, 0.25) is 0 Å². The number of carboxylic acids is 1. The van der Waals surface area contributed by atoms with Crippen LogP contribution >= 0.6 is 15.9 Å². The first kappa shape index (κ1) is 15.9. The van der Waals surface area contributed by atoms with Gasteiger partial charge in [0, 0.05) is 17.8 Å². The Kier molecular flexibility index (Phi) is 4.62. The van der Waals surface area contributed by atoms with E-state index >= 15 is 0 Å². The molecule has 2 heterocycles. The summed E-state index contributed by atoms with van der Waals surface area (Å²) in [7, 11) is -3.21. The minimum Gasteiger partial charge on any atom is -0.480 e. The number of aliphatic carboxylic acids is 1. The van der Waals surface area contributed by atoms with Crippen molar-refractivity contribution >= 4 is 37.6 Å². The number of aromatic nitrogens is 1. The van der Waals surface area contributed by atoms with Gasteiger partial charge in [0.1, 0.15) is 11.1 Å². The average molecular weight is 377 g/mol. The molecule has 21 heavy (non-hydrogen) atoms. The van der Waals surface area contributed by atoms with Crippen molar-refractivity contribution < 1.29 is 23.1 Å². The third-order valence-corrected chi connectivity index (χ3v) is 5.37. The van der Waals surface area contributed by atoms with E-state index in [0.717, 1.165) is 4.90 Å². The van der Waals surface area contributed by atoms with Crippen molar-refractivity contribution in [3.63, 3.8) is 0 Å². The van der Waals surface area contributed by atoms with Gasteiger partial charge in [0.25, 0.3) is 5.91 Å². The number of sulfone groups is 1. The molecule has 0 radical (unpaired) electrons.